The van der Waals surface area contributed by atoms with E-state index in [9.17, 15) is 4.79 Å². The summed E-state index contributed by atoms with van der Waals surface area (Å²) in [5.74, 6) is 0.324. The normalized spacial score (nSPS) is 28.5. The van der Waals surface area contributed by atoms with Crippen LogP contribution in [0.2, 0.25) is 0 Å². The quantitative estimate of drug-likeness (QED) is 0.670. The molecule has 1 aliphatic carbocycles. The highest BCUT2D eigenvalue weighted by Gasteiger charge is 2.36. The Bertz CT molecular complexity index is 406. The van der Waals surface area contributed by atoms with Crippen molar-refractivity contribution in [3.8, 4) is 0 Å². The van der Waals surface area contributed by atoms with Crippen LogP contribution in [0, 0.1) is 5.92 Å². The number of benzene rings is 1. The predicted octanol–water partition coefficient (Wildman–Crippen LogP) is 3.20. The lowest BCUT2D eigenvalue weighted by molar-refractivity contribution is -0.113. The lowest BCUT2D eigenvalue weighted by atomic mass is 9.67. The SMILES string of the molecule is CC[C@H]1C=Cc2ccccc2[C@@]1(C)C=O. The number of carbonyl (C=O) groups excluding carboxylic acids is 1. The number of carbonyl (C=O) groups is 1. The Labute approximate surface area is 90.8 Å². The summed E-state index contributed by atoms with van der Waals surface area (Å²) in [6.07, 6.45) is 6.40. The smallest absolute Gasteiger partial charge is 0.130 e. The van der Waals surface area contributed by atoms with E-state index in [0.29, 0.717) is 5.92 Å². The zero-order chi connectivity index (χ0) is 10.9. The second-order valence-corrected chi connectivity index (χ2v) is 4.36. The monoisotopic (exact) mass is 200 g/mol. The lowest BCUT2D eigenvalue weighted by Crippen LogP contribution is -2.34. The molecule has 0 saturated heterocycles. The fourth-order valence-corrected chi connectivity index (χ4v) is 2.46. The maximum Gasteiger partial charge on any atom is 0.130 e. The number of hydrogen-bond donors (Lipinski definition) is 0. The second kappa shape index (κ2) is 3.65. The van der Waals surface area contributed by atoms with Crippen LogP contribution in [-0.4, -0.2) is 6.29 Å². The molecule has 0 unspecified atom stereocenters. The van der Waals surface area contributed by atoms with E-state index >= 15 is 0 Å². The Kier molecular flexibility index (Phi) is 2.47. The maximum absolute atomic E-state index is 11.4. The maximum atomic E-state index is 11.4. The van der Waals surface area contributed by atoms with E-state index in [1.54, 1.807) is 0 Å². The molecule has 0 fully saturated rings. The Morgan fingerprint density at radius 2 is 2.13 bits per heavy atom. The van der Waals surface area contributed by atoms with E-state index in [1.165, 1.54) is 5.56 Å². The highest BCUT2D eigenvalue weighted by molar-refractivity contribution is 5.76. The molecular weight excluding hydrogens is 184 g/mol. The van der Waals surface area contributed by atoms with Gasteiger partial charge in [-0.1, -0.05) is 43.3 Å². The second-order valence-electron chi connectivity index (χ2n) is 4.36. The summed E-state index contributed by atoms with van der Waals surface area (Å²) in [6.45, 7) is 4.17. The molecule has 0 radical (unpaired) electrons. The highest BCUT2D eigenvalue weighted by atomic mass is 16.1. The first-order valence-electron chi connectivity index (χ1n) is 5.46. The first-order chi connectivity index (χ1) is 7.22. The van der Waals surface area contributed by atoms with Crippen LogP contribution in [0.15, 0.2) is 30.3 Å². The van der Waals surface area contributed by atoms with Crippen LogP contribution >= 0.6 is 0 Å². The third-order valence-corrected chi connectivity index (χ3v) is 3.50. The fourth-order valence-electron chi connectivity index (χ4n) is 2.46. The summed E-state index contributed by atoms with van der Waals surface area (Å²) in [6, 6.07) is 8.16. The molecule has 1 nitrogen and oxygen atoms in total. The standard InChI is InChI=1S/C14H16O/c1-3-12-9-8-11-6-4-5-7-13(11)14(12,2)10-15/h4-10,12H,3H2,1-2H3/t12-,14-/m0/s1. The van der Waals surface area contributed by atoms with E-state index in [1.807, 2.05) is 19.1 Å². The molecule has 0 amide bonds. The van der Waals surface area contributed by atoms with Gasteiger partial charge in [0.2, 0.25) is 0 Å². The Balaban J connectivity index is 2.59. The minimum Gasteiger partial charge on any atom is -0.302 e. The van der Waals surface area contributed by atoms with Crippen LogP contribution in [0.3, 0.4) is 0 Å². The summed E-state index contributed by atoms with van der Waals surface area (Å²) in [7, 11) is 0. The van der Waals surface area contributed by atoms with Gasteiger partial charge < -0.3 is 4.79 Å². The van der Waals surface area contributed by atoms with Gasteiger partial charge in [0.05, 0.1) is 5.41 Å². The van der Waals surface area contributed by atoms with Crippen molar-refractivity contribution in [3.05, 3.63) is 41.5 Å². The van der Waals surface area contributed by atoms with Crippen molar-refractivity contribution in [3.63, 3.8) is 0 Å². The average Bonchev–Trinajstić information content (AvgIpc) is 2.30. The molecule has 0 saturated carbocycles. The van der Waals surface area contributed by atoms with Gasteiger partial charge in [0.25, 0.3) is 0 Å². The van der Waals surface area contributed by atoms with Gasteiger partial charge in [-0.3, -0.25) is 0 Å². The topological polar surface area (TPSA) is 17.1 Å². The van der Waals surface area contributed by atoms with E-state index in [-0.39, 0.29) is 5.41 Å². The van der Waals surface area contributed by atoms with Crippen molar-refractivity contribution in [2.24, 2.45) is 5.92 Å². The van der Waals surface area contributed by atoms with Gasteiger partial charge in [-0.15, -0.1) is 0 Å². The summed E-state index contributed by atoms with van der Waals surface area (Å²) in [5.41, 5.74) is 1.99. The largest absolute Gasteiger partial charge is 0.302 e. The van der Waals surface area contributed by atoms with E-state index < -0.39 is 0 Å². The van der Waals surface area contributed by atoms with Crippen molar-refractivity contribution in [2.75, 3.05) is 0 Å². The molecule has 1 heteroatoms. The Morgan fingerprint density at radius 1 is 1.40 bits per heavy atom. The third-order valence-electron chi connectivity index (χ3n) is 3.50. The van der Waals surface area contributed by atoms with Crippen molar-refractivity contribution in [1.82, 2.24) is 0 Å². The summed E-state index contributed by atoms with van der Waals surface area (Å²) < 4.78 is 0. The van der Waals surface area contributed by atoms with Crippen LogP contribution in [0.4, 0.5) is 0 Å². The number of aldehydes is 1. The Hall–Kier alpha value is -1.37. The van der Waals surface area contributed by atoms with Crippen molar-refractivity contribution < 1.29 is 4.79 Å². The van der Waals surface area contributed by atoms with Gasteiger partial charge in [0, 0.05) is 0 Å². The molecule has 1 aromatic rings. The summed E-state index contributed by atoms with van der Waals surface area (Å²) >= 11 is 0. The molecule has 0 spiro atoms. The number of fused-ring (bicyclic) bond motifs is 1. The van der Waals surface area contributed by atoms with Gasteiger partial charge >= 0.3 is 0 Å². The zero-order valence-corrected chi connectivity index (χ0v) is 9.23. The van der Waals surface area contributed by atoms with Crippen molar-refractivity contribution in [1.29, 1.82) is 0 Å². The molecule has 15 heavy (non-hydrogen) atoms. The minimum atomic E-state index is -0.347. The number of allylic oxidation sites excluding steroid dienone is 1. The summed E-state index contributed by atoms with van der Waals surface area (Å²) in [4.78, 5) is 11.4. The molecule has 78 valence electrons. The molecule has 0 aliphatic heterocycles. The molecule has 0 N–H and O–H groups in total. The van der Waals surface area contributed by atoms with Crippen molar-refractivity contribution >= 4 is 12.4 Å². The van der Waals surface area contributed by atoms with Gasteiger partial charge in [0.1, 0.15) is 6.29 Å². The molecule has 0 aromatic heterocycles. The first-order valence-corrected chi connectivity index (χ1v) is 5.46. The molecule has 1 aromatic carbocycles. The van der Waals surface area contributed by atoms with Crippen molar-refractivity contribution in [2.45, 2.75) is 25.7 Å². The average molecular weight is 200 g/mol. The lowest BCUT2D eigenvalue weighted by Gasteiger charge is -2.35. The van der Waals surface area contributed by atoms with Gasteiger partial charge in [-0.2, -0.15) is 0 Å². The minimum absolute atomic E-state index is 0.324. The molecule has 0 heterocycles. The predicted molar refractivity (Wildman–Crippen MR) is 62.7 cm³/mol. The summed E-state index contributed by atoms with van der Waals surface area (Å²) in [5, 5.41) is 0. The Morgan fingerprint density at radius 3 is 2.80 bits per heavy atom. The van der Waals surface area contributed by atoms with Gasteiger partial charge in [-0.25, -0.2) is 0 Å². The molecule has 2 atom stereocenters. The van der Waals surface area contributed by atoms with Crippen LogP contribution in [0.1, 0.15) is 31.4 Å². The molecule has 0 bridgehead atoms. The molecule has 1 aliphatic rings. The van der Waals surface area contributed by atoms with Gasteiger partial charge in [0.15, 0.2) is 0 Å². The number of rotatable bonds is 2. The van der Waals surface area contributed by atoms with Crippen LogP contribution in [-0.2, 0) is 10.2 Å². The highest BCUT2D eigenvalue weighted by Crippen LogP contribution is 2.39. The third kappa shape index (κ3) is 1.43. The van der Waals surface area contributed by atoms with Gasteiger partial charge in [-0.05, 0) is 30.4 Å². The van der Waals surface area contributed by atoms with E-state index in [2.05, 4.69) is 31.2 Å². The van der Waals surface area contributed by atoms with Crippen LogP contribution in [0.25, 0.3) is 6.08 Å². The fraction of sp³-hybridized carbons (Fsp3) is 0.357. The zero-order valence-electron chi connectivity index (χ0n) is 9.23. The van der Waals surface area contributed by atoms with Crippen LogP contribution < -0.4 is 0 Å². The number of hydrogen-bond acceptors (Lipinski definition) is 1. The molecular formula is C14H16O. The van der Waals surface area contributed by atoms with E-state index in [0.717, 1.165) is 18.3 Å². The van der Waals surface area contributed by atoms with Crippen LogP contribution in [0.5, 0.6) is 0 Å². The molecule has 2 rings (SSSR count). The first kappa shape index (κ1) is 10.2. The van der Waals surface area contributed by atoms with E-state index in [4.69, 9.17) is 0 Å².